The first-order chi connectivity index (χ1) is 6.41. The van der Waals surface area contributed by atoms with Gasteiger partial charge in [-0.15, -0.1) is 11.6 Å². The molecule has 3 heteroatoms. The van der Waals surface area contributed by atoms with Gasteiger partial charge in [0.1, 0.15) is 0 Å². The quantitative estimate of drug-likeness (QED) is 0.605. The van der Waals surface area contributed by atoms with Gasteiger partial charge in [0.25, 0.3) is 0 Å². The number of hydrogen-bond donors (Lipinski definition) is 0. The first-order valence-corrected chi connectivity index (χ1v) is 5.51. The maximum absolute atomic E-state index is 6.40. The second-order valence-corrected chi connectivity index (χ2v) is 5.61. The van der Waals surface area contributed by atoms with Crippen molar-refractivity contribution in [3.05, 3.63) is 17.0 Å². The molecule has 0 amide bonds. The van der Waals surface area contributed by atoms with E-state index in [1.807, 2.05) is 18.7 Å². The summed E-state index contributed by atoms with van der Waals surface area (Å²) in [5, 5.41) is 4.58. The van der Waals surface area contributed by atoms with Gasteiger partial charge in [-0.05, 0) is 25.2 Å². The van der Waals surface area contributed by atoms with E-state index in [0.29, 0.717) is 5.41 Å². The van der Waals surface area contributed by atoms with Crippen molar-refractivity contribution in [2.75, 3.05) is 0 Å². The molecule has 78 valence electrons. The fraction of sp³-hybridized carbons (Fsp3) is 0.727. The zero-order valence-electron chi connectivity index (χ0n) is 9.26. The summed E-state index contributed by atoms with van der Waals surface area (Å²) < 4.78 is 1.99. The molecule has 0 spiro atoms. The van der Waals surface area contributed by atoms with E-state index in [9.17, 15) is 0 Å². The normalized spacial score (nSPS) is 24.8. The Morgan fingerprint density at radius 3 is 2.79 bits per heavy atom. The zero-order chi connectivity index (χ0) is 10.5. The van der Waals surface area contributed by atoms with Gasteiger partial charge >= 0.3 is 0 Å². The summed E-state index contributed by atoms with van der Waals surface area (Å²) in [7, 11) is 2.01. The van der Waals surface area contributed by atoms with Crippen molar-refractivity contribution in [2.45, 2.75) is 39.0 Å². The molecular weight excluding hydrogens is 196 g/mol. The number of aryl methyl sites for hydroxylation is 2. The van der Waals surface area contributed by atoms with Gasteiger partial charge < -0.3 is 0 Å². The predicted molar refractivity (Wildman–Crippen MR) is 58.6 cm³/mol. The van der Waals surface area contributed by atoms with Gasteiger partial charge in [-0.1, -0.05) is 13.8 Å². The Labute approximate surface area is 90.3 Å². The van der Waals surface area contributed by atoms with Crippen LogP contribution in [0.4, 0.5) is 0 Å². The molecule has 0 fully saturated rings. The molecule has 14 heavy (non-hydrogen) atoms. The van der Waals surface area contributed by atoms with Gasteiger partial charge in [0, 0.05) is 18.3 Å². The van der Waals surface area contributed by atoms with Gasteiger partial charge in [-0.3, -0.25) is 4.68 Å². The van der Waals surface area contributed by atoms with Gasteiger partial charge in [-0.25, -0.2) is 0 Å². The van der Waals surface area contributed by atoms with Crippen LogP contribution in [0.5, 0.6) is 0 Å². The highest BCUT2D eigenvalue weighted by molar-refractivity contribution is 6.21. The molecule has 1 aromatic rings. The third-order valence-electron chi connectivity index (χ3n) is 3.08. The average Bonchev–Trinajstić information content (AvgIpc) is 2.24. The first kappa shape index (κ1) is 10.0. The second kappa shape index (κ2) is 2.99. The number of rotatable bonds is 0. The summed E-state index contributed by atoms with van der Waals surface area (Å²) in [6.45, 7) is 6.59. The van der Waals surface area contributed by atoms with E-state index in [2.05, 4.69) is 18.9 Å². The lowest BCUT2D eigenvalue weighted by molar-refractivity contribution is 0.301. The molecule has 2 rings (SSSR count). The Bertz CT molecular complexity index is 366. The Hall–Kier alpha value is -0.500. The van der Waals surface area contributed by atoms with Gasteiger partial charge in [0.15, 0.2) is 0 Å². The van der Waals surface area contributed by atoms with Crippen molar-refractivity contribution in [3.63, 3.8) is 0 Å². The Morgan fingerprint density at radius 2 is 2.14 bits per heavy atom. The van der Waals surface area contributed by atoms with E-state index in [1.165, 1.54) is 11.3 Å². The highest BCUT2D eigenvalue weighted by atomic mass is 35.5. The lowest BCUT2D eigenvalue weighted by Crippen LogP contribution is -2.24. The molecule has 1 aliphatic rings. The number of aromatic nitrogens is 2. The second-order valence-electron chi connectivity index (χ2n) is 5.08. The van der Waals surface area contributed by atoms with Crippen LogP contribution in [0.2, 0.25) is 0 Å². The molecule has 1 atom stereocenters. The van der Waals surface area contributed by atoms with Crippen molar-refractivity contribution in [1.82, 2.24) is 9.78 Å². The maximum Gasteiger partial charge on any atom is 0.0643 e. The van der Waals surface area contributed by atoms with Gasteiger partial charge in [-0.2, -0.15) is 5.10 Å². The molecule has 1 heterocycles. The van der Waals surface area contributed by atoms with E-state index in [0.717, 1.165) is 18.5 Å². The van der Waals surface area contributed by atoms with Crippen LogP contribution >= 0.6 is 11.6 Å². The zero-order valence-corrected chi connectivity index (χ0v) is 10.0. The highest BCUT2D eigenvalue weighted by Gasteiger charge is 2.34. The molecule has 1 unspecified atom stereocenters. The van der Waals surface area contributed by atoms with Crippen LogP contribution in [0.1, 0.15) is 42.6 Å². The summed E-state index contributed by atoms with van der Waals surface area (Å²) in [5.74, 6) is 0. The molecule has 0 saturated carbocycles. The Balaban J connectivity index is 2.52. The fourth-order valence-corrected chi connectivity index (χ4v) is 3.15. The minimum Gasteiger partial charge on any atom is -0.272 e. The number of fused-ring (bicyclic) bond motifs is 1. The van der Waals surface area contributed by atoms with Crippen LogP contribution in [-0.2, 0) is 13.5 Å². The standard InChI is InChI=1S/C11H17ClN2/c1-7-10-8(12)5-11(2,3)6-9(10)14(4)13-7/h8H,5-6H2,1-4H3. The Morgan fingerprint density at radius 1 is 1.50 bits per heavy atom. The summed E-state index contributed by atoms with van der Waals surface area (Å²) in [5.41, 5.74) is 3.99. The molecule has 0 saturated heterocycles. The van der Waals surface area contributed by atoms with Crippen molar-refractivity contribution in [1.29, 1.82) is 0 Å². The third-order valence-corrected chi connectivity index (χ3v) is 3.45. The van der Waals surface area contributed by atoms with Crippen LogP contribution in [-0.4, -0.2) is 9.78 Å². The number of halogens is 1. The molecule has 1 aromatic heterocycles. The molecule has 1 aliphatic carbocycles. The van der Waals surface area contributed by atoms with Crippen molar-refractivity contribution in [2.24, 2.45) is 12.5 Å². The van der Waals surface area contributed by atoms with Crippen LogP contribution in [0, 0.1) is 12.3 Å². The predicted octanol–water partition coefficient (Wildman–Crippen LogP) is 2.98. The van der Waals surface area contributed by atoms with E-state index in [-0.39, 0.29) is 5.38 Å². The van der Waals surface area contributed by atoms with E-state index >= 15 is 0 Å². The van der Waals surface area contributed by atoms with Crippen LogP contribution in [0.3, 0.4) is 0 Å². The monoisotopic (exact) mass is 212 g/mol. The van der Waals surface area contributed by atoms with Crippen molar-refractivity contribution >= 4 is 11.6 Å². The molecule has 0 bridgehead atoms. The maximum atomic E-state index is 6.40. The lowest BCUT2D eigenvalue weighted by Gasteiger charge is -2.32. The number of hydrogen-bond acceptors (Lipinski definition) is 1. The molecule has 0 N–H and O–H groups in total. The van der Waals surface area contributed by atoms with Crippen molar-refractivity contribution < 1.29 is 0 Å². The summed E-state index contributed by atoms with van der Waals surface area (Å²) in [6.07, 6.45) is 2.14. The summed E-state index contributed by atoms with van der Waals surface area (Å²) >= 11 is 6.40. The van der Waals surface area contributed by atoms with Gasteiger partial charge in [0.05, 0.1) is 11.1 Å². The molecule has 2 nitrogen and oxygen atoms in total. The van der Waals surface area contributed by atoms with Crippen LogP contribution in [0.15, 0.2) is 0 Å². The number of nitrogens with zero attached hydrogens (tertiary/aromatic N) is 2. The molecule has 0 radical (unpaired) electrons. The van der Waals surface area contributed by atoms with Crippen LogP contribution < -0.4 is 0 Å². The average molecular weight is 213 g/mol. The fourth-order valence-electron chi connectivity index (χ4n) is 2.45. The smallest absolute Gasteiger partial charge is 0.0643 e. The first-order valence-electron chi connectivity index (χ1n) is 5.07. The SMILES string of the molecule is Cc1nn(C)c2c1C(Cl)CC(C)(C)C2. The number of alkyl halides is 1. The van der Waals surface area contributed by atoms with Crippen LogP contribution in [0.25, 0.3) is 0 Å². The molecule has 0 aliphatic heterocycles. The topological polar surface area (TPSA) is 17.8 Å². The molecular formula is C11H17ClN2. The third kappa shape index (κ3) is 1.46. The minimum atomic E-state index is 0.141. The molecule has 0 aromatic carbocycles. The Kier molecular flexibility index (Phi) is 2.15. The van der Waals surface area contributed by atoms with E-state index in [1.54, 1.807) is 0 Å². The van der Waals surface area contributed by atoms with E-state index in [4.69, 9.17) is 11.6 Å². The van der Waals surface area contributed by atoms with E-state index < -0.39 is 0 Å². The largest absolute Gasteiger partial charge is 0.272 e. The highest BCUT2D eigenvalue weighted by Crippen LogP contribution is 2.44. The van der Waals surface area contributed by atoms with Crippen molar-refractivity contribution in [3.8, 4) is 0 Å². The summed E-state index contributed by atoms with van der Waals surface area (Å²) in [4.78, 5) is 0. The van der Waals surface area contributed by atoms with Gasteiger partial charge in [0.2, 0.25) is 0 Å². The summed E-state index contributed by atoms with van der Waals surface area (Å²) in [6, 6.07) is 0. The minimum absolute atomic E-state index is 0.141. The lowest BCUT2D eigenvalue weighted by atomic mass is 9.76.